The molecule has 4 amide bonds. The Hall–Kier alpha value is -2.53. The Morgan fingerprint density at radius 1 is 1.00 bits per heavy atom. The highest BCUT2D eigenvalue weighted by atomic mass is 16.7. The molecule has 0 aromatic heterocycles. The normalized spacial score (nSPS) is 20.6. The first-order valence-corrected chi connectivity index (χ1v) is 10.5. The predicted molar refractivity (Wildman–Crippen MR) is 110 cm³/mol. The SMILES string of the molecule is CC(C)(C(=O)NCCC(=O)NCCC(=O)ON1C(=O)CCC1=O)[13CH]1[13CH2][15N]([13CH3])[13CH2][13CH2][15N]1[13CH3]. The maximum Gasteiger partial charge on any atom is 0.334 e. The number of likely N-dealkylation sites (N-methyl/N-ethyl adjacent to an activating group) is 2. The molecule has 0 aromatic carbocycles. The molecule has 1 atom stereocenters. The minimum absolute atomic E-state index is 0.00648. The van der Waals surface area contributed by atoms with Crippen molar-refractivity contribution in [2.75, 3.05) is 46.8 Å². The maximum atomic E-state index is 12.7. The molecule has 2 aliphatic heterocycles. The first-order chi connectivity index (χ1) is 14.5. The Bertz CT molecular complexity index is 709. The Kier molecular flexibility index (Phi) is 8.52. The second kappa shape index (κ2) is 10.7. The number of piperazine rings is 1. The molecule has 31 heavy (non-hydrogen) atoms. The lowest BCUT2D eigenvalue weighted by molar-refractivity contribution is -0.197. The van der Waals surface area contributed by atoms with Crippen LogP contribution >= 0.6 is 0 Å². The minimum atomic E-state index is -0.777. The molecule has 2 aliphatic rings. The number of imide groups is 1. The van der Waals surface area contributed by atoms with Crippen LogP contribution < -0.4 is 10.6 Å². The van der Waals surface area contributed by atoms with Crippen LogP contribution in [0.5, 0.6) is 0 Å². The number of nitrogens with zero attached hydrogens (tertiary/aromatic N) is 3. The van der Waals surface area contributed by atoms with Gasteiger partial charge in [0, 0.05) is 58.0 Å². The van der Waals surface area contributed by atoms with Gasteiger partial charge in [-0.1, -0.05) is 0 Å². The van der Waals surface area contributed by atoms with Crippen LogP contribution in [0.1, 0.15) is 39.5 Å². The monoisotopic (exact) mass is 447 g/mol. The molecule has 174 valence electrons. The van der Waals surface area contributed by atoms with Crippen molar-refractivity contribution in [1.82, 2.24) is 25.5 Å². The van der Waals surface area contributed by atoms with Gasteiger partial charge in [0.1, 0.15) is 0 Å². The number of hydrogen-bond acceptors (Lipinski definition) is 8. The predicted octanol–water partition coefficient (Wildman–Crippen LogP) is -1.12. The third kappa shape index (κ3) is 6.73. The summed E-state index contributed by atoms with van der Waals surface area (Å²) in [6, 6.07) is 0.0699. The van der Waals surface area contributed by atoms with Crippen molar-refractivity contribution in [2.24, 2.45) is 5.41 Å². The van der Waals surface area contributed by atoms with Gasteiger partial charge in [0.05, 0.1) is 11.8 Å². The number of hydroxylamine groups is 2. The molecule has 2 heterocycles. The van der Waals surface area contributed by atoms with Crippen molar-refractivity contribution < 1.29 is 28.8 Å². The third-order valence-corrected chi connectivity index (χ3v) is 5.76. The van der Waals surface area contributed by atoms with Crippen LogP contribution in [0.3, 0.4) is 0 Å². The molecule has 2 rings (SSSR count). The van der Waals surface area contributed by atoms with E-state index in [0.29, 0.717) is 5.06 Å². The number of rotatable bonds is 9. The highest BCUT2D eigenvalue weighted by molar-refractivity contribution is 6.01. The van der Waals surface area contributed by atoms with Crippen LogP contribution in [0.2, 0.25) is 0 Å². The Balaban J connectivity index is 1.65. The van der Waals surface area contributed by atoms with Crippen LogP contribution in [-0.2, 0) is 28.8 Å². The molecule has 2 saturated heterocycles. The summed E-state index contributed by atoms with van der Waals surface area (Å²) in [5, 5.41) is 5.86. The average molecular weight is 447 g/mol. The first kappa shape index (κ1) is 24.7. The number of nitrogens with one attached hydrogen (secondary N) is 2. The zero-order valence-corrected chi connectivity index (χ0v) is 18.7. The van der Waals surface area contributed by atoms with Crippen molar-refractivity contribution in [2.45, 2.75) is 45.6 Å². The third-order valence-electron chi connectivity index (χ3n) is 5.76. The summed E-state index contributed by atoms with van der Waals surface area (Å²) < 4.78 is 0. The van der Waals surface area contributed by atoms with E-state index in [0.717, 1.165) is 19.6 Å². The lowest BCUT2D eigenvalue weighted by atomic mass is 9.99. The molecule has 11 nitrogen and oxygen atoms in total. The van der Waals surface area contributed by atoms with Crippen molar-refractivity contribution in [1.29, 1.82) is 0 Å². The van der Waals surface area contributed by atoms with Gasteiger partial charge >= 0.3 is 5.97 Å². The Morgan fingerprint density at radius 3 is 2.26 bits per heavy atom. The van der Waals surface area contributed by atoms with E-state index in [1.165, 1.54) is 0 Å². The van der Waals surface area contributed by atoms with Gasteiger partial charge < -0.3 is 20.4 Å². The van der Waals surface area contributed by atoms with Gasteiger partial charge in [-0.25, -0.2) is 4.79 Å². The van der Waals surface area contributed by atoms with E-state index in [4.69, 9.17) is 4.84 Å². The van der Waals surface area contributed by atoms with Gasteiger partial charge in [-0.3, -0.25) is 24.1 Å². The number of carbonyl (C=O) groups is 5. The molecule has 0 bridgehead atoms. The zero-order chi connectivity index (χ0) is 23.2. The molecule has 1 unspecified atom stereocenters. The minimum Gasteiger partial charge on any atom is -0.355 e. The fourth-order valence-corrected chi connectivity index (χ4v) is 3.66. The quantitative estimate of drug-likeness (QED) is 0.258. The summed E-state index contributed by atoms with van der Waals surface area (Å²) in [6.07, 6.45) is -0.0533. The summed E-state index contributed by atoms with van der Waals surface area (Å²) >= 11 is 0. The second-order valence-electron chi connectivity index (χ2n) is 8.63. The van der Waals surface area contributed by atoms with Crippen LogP contribution in [0.25, 0.3) is 0 Å². The van der Waals surface area contributed by atoms with E-state index >= 15 is 0 Å². The number of amides is 4. The van der Waals surface area contributed by atoms with Gasteiger partial charge in [-0.05, 0) is 27.9 Å². The first-order valence-electron chi connectivity index (χ1n) is 10.5. The maximum absolute atomic E-state index is 12.7. The Morgan fingerprint density at radius 2 is 1.61 bits per heavy atom. The molecule has 2 N–H and O–H groups in total. The van der Waals surface area contributed by atoms with E-state index in [1.54, 1.807) is 0 Å². The van der Waals surface area contributed by atoms with Gasteiger partial charge in [0.15, 0.2) is 0 Å². The van der Waals surface area contributed by atoms with E-state index in [2.05, 4.69) is 20.4 Å². The zero-order valence-electron chi connectivity index (χ0n) is 18.7. The van der Waals surface area contributed by atoms with Crippen molar-refractivity contribution in [3.8, 4) is 0 Å². The van der Waals surface area contributed by atoms with E-state index in [-0.39, 0.29) is 56.6 Å². The summed E-state index contributed by atoms with van der Waals surface area (Å²) in [7, 11) is 4.05. The molecular weight excluding hydrogens is 414 g/mol. The molecule has 0 saturated carbocycles. The number of carbonyl (C=O) groups excluding carboxylic acids is 5. The number of hydrogen-bond donors (Lipinski definition) is 2. The molecule has 0 aliphatic carbocycles. The van der Waals surface area contributed by atoms with Crippen LogP contribution in [0, 0.1) is 5.41 Å². The van der Waals surface area contributed by atoms with Crippen LogP contribution in [0.4, 0.5) is 0 Å². The molecule has 0 aromatic rings. The van der Waals surface area contributed by atoms with Gasteiger partial charge in [-0.2, -0.15) is 0 Å². The molecular formula is C20H33N5O6. The van der Waals surface area contributed by atoms with E-state index in [1.807, 2.05) is 27.9 Å². The highest BCUT2D eigenvalue weighted by Crippen LogP contribution is 2.27. The summed E-state index contributed by atoms with van der Waals surface area (Å²) in [5.74, 6) is -2.32. The van der Waals surface area contributed by atoms with Crippen molar-refractivity contribution in [3.05, 3.63) is 0 Å². The van der Waals surface area contributed by atoms with E-state index < -0.39 is 23.2 Å². The van der Waals surface area contributed by atoms with Crippen molar-refractivity contribution >= 4 is 29.6 Å². The molecule has 2 fully saturated rings. The van der Waals surface area contributed by atoms with E-state index in [9.17, 15) is 24.0 Å². The highest BCUT2D eigenvalue weighted by Gasteiger charge is 2.41. The molecule has 0 radical (unpaired) electrons. The summed E-state index contributed by atoms with van der Waals surface area (Å²) in [4.78, 5) is 68.3. The van der Waals surface area contributed by atoms with Gasteiger partial charge in [0.2, 0.25) is 11.8 Å². The lowest BCUT2D eigenvalue weighted by Gasteiger charge is -2.45. The van der Waals surface area contributed by atoms with Gasteiger partial charge in [0.25, 0.3) is 11.8 Å². The second-order valence-corrected chi connectivity index (χ2v) is 8.63. The van der Waals surface area contributed by atoms with Crippen LogP contribution in [-0.4, -0.2) is 97.3 Å². The molecule has 0 spiro atoms. The lowest BCUT2D eigenvalue weighted by Crippen LogP contribution is -2.60. The fourth-order valence-electron chi connectivity index (χ4n) is 3.66. The largest absolute Gasteiger partial charge is 0.355 e. The average Bonchev–Trinajstić information content (AvgIpc) is 3.01. The Labute approximate surface area is 182 Å². The summed E-state index contributed by atoms with van der Waals surface area (Å²) in [5.41, 5.74) is -0.617. The van der Waals surface area contributed by atoms with Gasteiger partial charge in [-0.15, -0.1) is 5.06 Å². The fraction of sp³-hybridized carbons (Fsp3) is 0.750. The van der Waals surface area contributed by atoms with Crippen LogP contribution in [0.15, 0.2) is 0 Å². The molecule has 11 heteroatoms. The smallest absolute Gasteiger partial charge is 0.334 e. The topological polar surface area (TPSA) is 128 Å². The summed E-state index contributed by atoms with van der Waals surface area (Å²) in [6.45, 7) is 6.65. The standard InChI is InChI=1S/C20H33N5O6/c1-20(2,14-13-23(3)11-12-24(14)4)19(30)22-9-7-15(26)21-10-8-18(29)31-25-16(27)5-6-17(25)28/h14H,5-13H2,1-4H3,(H,21,26)(H,22,30)/i3+1,4+1,11+1,12+1,13+1,14+1,23+1,24+1. The van der Waals surface area contributed by atoms with Crippen molar-refractivity contribution in [3.63, 3.8) is 0 Å².